The number of carbonyl (C=O) groups excluding carboxylic acids is 2. The number of nitrogens with one attached hydrogen (secondary N) is 1. The summed E-state index contributed by atoms with van der Waals surface area (Å²) in [5.74, 6) is -0.378. The van der Waals surface area contributed by atoms with Gasteiger partial charge in [-0.15, -0.1) is 14.7 Å². The fraction of sp³-hybridized carbons (Fsp3) is 0.250. The van der Waals surface area contributed by atoms with Gasteiger partial charge in [-0.05, 0) is 29.7 Å². The molecule has 6 rings (SSSR count). The third-order valence-electron chi connectivity index (χ3n) is 6.95. The van der Waals surface area contributed by atoms with Gasteiger partial charge in [-0.2, -0.15) is 0 Å². The van der Waals surface area contributed by atoms with Crippen molar-refractivity contribution < 1.29 is 23.8 Å². The van der Waals surface area contributed by atoms with Crippen molar-refractivity contribution in [3.05, 3.63) is 71.7 Å². The van der Waals surface area contributed by atoms with E-state index in [9.17, 15) is 9.59 Å². The number of H-pyrrole nitrogens is 1. The third-order valence-corrected chi connectivity index (χ3v) is 6.95. The van der Waals surface area contributed by atoms with Crippen LogP contribution in [0.2, 0.25) is 0 Å². The first kappa shape index (κ1) is 24.6. The number of aliphatic imine (C=N–C) groups is 1. The number of hydrogen-bond donors (Lipinski definition) is 1. The maximum atomic E-state index is 13.6. The van der Waals surface area contributed by atoms with Gasteiger partial charge in [0.25, 0.3) is 17.9 Å². The summed E-state index contributed by atoms with van der Waals surface area (Å²) in [4.78, 5) is 45.0. The Morgan fingerprint density at radius 1 is 1.15 bits per heavy atom. The van der Waals surface area contributed by atoms with Crippen LogP contribution in [0.4, 0.5) is 5.82 Å². The summed E-state index contributed by atoms with van der Waals surface area (Å²) >= 11 is 0. The number of benzene rings is 1. The zero-order chi connectivity index (χ0) is 26.9. The molecule has 0 spiro atoms. The van der Waals surface area contributed by atoms with E-state index in [1.807, 2.05) is 36.4 Å². The Morgan fingerprint density at radius 2 is 2.05 bits per heavy atom. The van der Waals surface area contributed by atoms with Crippen LogP contribution in [0.5, 0.6) is 5.75 Å². The molecule has 2 aliphatic rings. The number of ether oxygens (including phenoxy) is 2. The number of carbonyl (C=O) groups is 2. The molecule has 0 saturated carbocycles. The first-order chi connectivity index (χ1) is 19.1. The Labute approximate surface area is 223 Å². The van der Waals surface area contributed by atoms with Crippen LogP contribution in [0.3, 0.4) is 0 Å². The predicted molar refractivity (Wildman–Crippen MR) is 142 cm³/mol. The molecular weight excluding hydrogens is 498 g/mol. The first-order valence-electron chi connectivity index (χ1n) is 12.5. The quantitative estimate of drug-likeness (QED) is 0.224. The Morgan fingerprint density at radius 3 is 2.85 bits per heavy atom. The van der Waals surface area contributed by atoms with Crippen LogP contribution >= 0.6 is 0 Å². The number of Topliss-reactive ketones (excluding diaryl/α,β-unsaturated/α-hetero) is 1. The minimum atomic E-state index is -0.620. The van der Waals surface area contributed by atoms with Crippen LogP contribution in [-0.4, -0.2) is 76.1 Å². The molecule has 11 heteroatoms. The van der Waals surface area contributed by atoms with Gasteiger partial charge in [-0.25, -0.2) is 0 Å². The molecule has 3 aromatic heterocycles. The molecule has 39 heavy (non-hydrogen) atoms. The van der Waals surface area contributed by atoms with E-state index in [2.05, 4.69) is 25.1 Å². The standard InChI is InChI=1S/C28H25N7O4/c1-38-15-23-32-16-35(33-23)27-25-24(22(39-2)13-31-27)20(12-30-25)26(36)28(37)34-11-9-18-17(14-34)6-5-7-19(18)21-8-3-4-10-29-21/h3-8,10,12-13,16,23H,9,11,14-15H2,1-2H3/p+1. The van der Waals surface area contributed by atoms with Gasteiger partial charge in [0.2, 0.25) is 6.34 Å². The van der Waals surface area contributed by atoms with Gasteiger partial charge in [0, 0.05) is 38.2 Å². The average Bonchev–Trinajstić information content (AvgIpc) is 3.64. The van der Waals surface area contributed by atoms with Crippen molar-refractivity contribution in [2.45, 2.75) is 19.1 Å². The number of methoxy groups -OCH3 is 2. The molecule has 4 aromatic rings. The number of azo groups is 2. The maximum Gasteiger partial charge on any atom is 0.310 e. The van der Waals surface area contributed by atoms with Crippen molar-refractivity contribution in [3.63, 3.8) is 0 Å². The van der Waals surface area contributed by atoms with E-state index < -0.39 is 11.7 Å². The molecule has 2 aliphatic heterocycles. The molecule has 11 nitrogen and oxygen atoms in total. The van der Waals surface area contributed by atoms with E-state index in [0.29, 0.717) is 48.6 Å². The molecule has 0 fully saturated rings. The SMILES string of the molecule is COCC1N=C[N+](c2ncc(OC)c3c(C(=O)C(=O)N4CCc5c(cccc5-c5ccccn5)C4)c[nH]c23)=N1. The Hall–Kier alpha value is -4.77. The zero-order valence-electron chi connectivity index (χ0n) is 21.5. The second-order valence-electron chi connectivity index (χ2n) is 9.23. The second-order valence-corrected chi connectivity index (χ2v) is 9.23. The van der Waals surface area contributed by atoms with Crippen LogP contribution in [0.25, 0.3) is 22.2 Å². The average molecular weight is 525 g/mol. The number of aromatic nitrogens is 3. The topological polar surface area (TPSA) is 125 Å². The van der Waals surface area contributed by atoms with E-state index in [1.165, 1.54) is 24.2 Å². The Kier molecular flexibility index (Phi) is 6.41. The second kappa shape index (κ2) is 10.2. The van der Waals surface area contributed by atoms with E-state index >= 15 is 0 Å². The van der Waals surface area contributed by atoms with E-state index in [-0.39, 0.29) is 11.7 Å². The molecular formula is C28H26N7O4+. The summed E-state index contributed by atoms with van der Waals surface area (Å²) < 4.78 is 12.2. The van der Waals surface area contributed by atoms with Gasteiger partial charge < -0.3 is 19.4 Å². The van der Waals surface area contributed by atoms with Gasteiger partial charge in [-0.3, -0.25) is 14.6 Å². The number of nitrogens with zero attached hydrogens (tertiary/aromatic N) is 6. The van der Waals surface area contributed by atoms with Crippen molar-refractivity contribution in [1.82, 2.24) is 19.9 Å². The Balaban J connectivity index is 1.30. The van der Waals surface area contributed by atoms with Crippen molar-refractivity contribution >= 4 is 34.7 Å². The summed E-state index contributed by atoms with van der Waals surface area (Å²) in [5, 5.41) is 4.93. The minimum absolute atomic E-state index is 0.216. The van der Waals surface area contributed by atoms with E-state index in [0.717, 1.165) is 22.4 Å². The summed E-state index contributed by atoms with van der Waals surface area (Å²) in [6, 6.07) is 11.8. The number of ketones is 1. The smallest absolute Gasteiger partial charge is 0.310 e. The number of fused-ring (bicyclic) bond motifs is 2. The lowest BCUT2D eigenvalue weighted by Crippen LogP contribution is -2.40. The molecule has 5 heterocycles. The van der Waals surface area contributed by atoms with E-state index in [1.54, 1.807) is 24.5 Å². The number of amides is 1. The lowest BCUT2D eigenvalue weighted by Gasteiger charge is -2.29. The van der Waals surface area contributed by atoms with Crippen LogP contribution in [0.15, 0.2) is 65.1 Å². The maximum absolute atomic E-state index is 13.6. The largest absolute Gasteiger partial charge is 0.493 e. The zero-order valence-corrected chi connectivity index (χ0v) is 21.5. The molecule has 0 aliphatic carbocycles. The number of hydrogen-bond acceptors (Lipinski definition) is 8. The predicted octanol–water partition coefficient (Wildman–Crippen LogP) is 3.51. The first-order valence-corrected chi connectivity index (χ1v) is 12.5. The molecule has 0 radical (unpaired) electrons. The lowest BCUT2D eigenvalue weighted by atomic mass is 9.92. The van der Waals surface area contributed by atoms with Gasteiger partial charge in [0.05, 0.1) is 23.8 Å². The number of aromatic amines is 1. The van der Waals surface area contributed by atoms with Gasteiger partial charge in [-0.1, -0.05) is 29.4 Å². The van der Waals surface area contributed by atoms with Crippen molar-refractivity contribution in [1.29, 1.82) is 0 Å². The van der Waals surface area contributed by atoms with Crippen LogP contribution in [-0.2, 0) is 22.5 Å². The number of pyridine rings is 2. The highest BCUT2D eigenvalue weighted by Crippen LogP contribution is 2.35. The minimum Gasteiger partial charge on any atom is -0.493 e. The molecule has 1 aromatic carbocycles. The molecule has 1 atom stereocenters. The molecule has 0 bridgehead atoms. The van der Waals surface area contributed by atoms with Gasteiger partial charge in [0.1, 0.15) is 18.3 Å². The summed E-state index contributed by atoms with van der Waals surface area (Å²) in [7, 11) is 3.08. The third kappa shape index (κ3) is 4.36. The highest BCUT2D eigenvalue weighted by molar-refractivity contribution is 6.45. The van der Waals surface area contributed by atoms with Crippen molar-refractivity contribution in [2.75, 3.05) is 27.4 Å². The molecule has 1 N–H and O–H groups in total. The van der Waals surface area contributed by atoms with Crippen LogP contribution < -0.4 is 4.74 Å². The fourth-order valence-electron chi connectivity index (χ4n) is 5.09. The van der Waals surface area contributed by atoms with Crippen LogP contribution in [0, 0.1) is 0 Å². The monoisotopic (exact) mass is 524 g/mol. The summed E-state index contributed by atoms with van der Waals surface area (Å²) in [5.41, 5.74) is 4.84. The highest BCUT2D eigenvalue weighted by Gasteiger charge is 2.32. The summed E-state index contributed by atoms with van der Waals surface area (Å²) in [6.07, 6.45) is 6.60. The fourth-order valence-corrected chi connectivity index (χ4v) is 5.09. The molecule has 196 valence electrons. The molecule has 1 amide bonds. The highest BCUT2D eigenvalue weighted by atomic mass is 16.5. The Bertz CT molecular complexity index is 1640. The normalized spacial score (nSPS) is 16.3. The lowest BCUT2D eigenvalue weighted by molar-refractivity contribution is -0.380. The summed E-state index contributed by atoms with van der Waals surface area (Å²) in [6.45, 7) is 1.10. The molecule has 1 unspecified atom stereocenters. The van der Waals surface area contributed by atoms with Crippen LogP contribution in [0.1, 0.15) is 21.5 Å². The van der Waals surface area contributed by atoms with Gasteiger partial charge >= 0.3 is 5.82 Å². The number of rotatable bonds is 7. The van der Waals surface area contributed by atoms with Gasteiger partial charge in [0.15, 0.2) is 5.75 Å². The molecule has 0 saturated heterocycles. The van der Waals surface area contributed by atoms with Crippen molar-refractivity contribution in [2.24, 2.45) is 10.1 Å². The van der Waals surface area contributed by atoms with E-state index in [4.69, 9.17) is 9.47 Å². The van der Waals surface area contributed by atoms with Crippen molar-refractivity contribution in [3.8, 4) is 17.0 Å².